The first-order chi connectivity index (χ1) is 15.4. The van der Waals surface area contributed by atoms with Gasteiger partial charge in [-0.25, -0.2) is 19.2 Å². The topological polar surface area (TPSA) is 75.1 Å². The molecular weight excluding hydrogens is 425 g/mol. The average molecular weight is 450 g/mol. The van der Waals surface area contributed by atoms with Gasteiger partial charge in [-0.1, -0.05) is 26.0 Å². The van der Waals surface area contributed by atoms with Gasteiger partial charge in [-0.05, 0) is 64.9 Å². The van der Waals surface area contributed by atoms with Gasteiger partial charge in [-0.3, -0.25) is 0 Å². The zero-order chi connectivity index (χ0) is 22.7. The smallest absolute Gasteiger partial charge is 0.335 e. The van der Waals surface area contributed by atoms with E-state index >= 15 is 0 Å². The Bertz CT molecular complexity index is 1270. The molecule has 0 spiro atoms. The Balaban J connectivity index is 1.49. The van der Waals surface area contributed by atoms with E-state index in [1.165, 1.54) is 17.7 Å². The van der Waals surface area contributed by atoms with Gasteiger partial charge in [0.25, 0.3) is 0 Å². The molecule has 2 aromatic carbocycles. The van der Waals surface area contributed by atoms with Crippen LogP contribution < -0.4 is 5.32 Å². The number of aromatic nitrogens is 2. The Morgan fingerprint density at radius 2 is 2.00 bits per heavy atom. The molecule has 0 atom stereocenters. The number of aromatic carboxylic acids is 1. The lowest BCUT2D eigenvalue weighted by molar-refractivity contribution is 0.0695. The Morgan fingerprint density at radius 3 is 2.78 bits per heavy atom. The van der Waals surface area contributed by atoms with Gasteiger partial charge in [0.15, 0.2) is 0 Å². The molecule has 0 saturated heterocycles. The van der Waals surface area contributed by atoms with Gasteiger partial charge >= 0.3 is 5.97 Å². The molecule has 0 aliphatic heterocycles. The molecule has 2 aromatic heterocycles. The van der Waals surface area contributed by atoms with Crippen molar-refractivity contribution in [3.8, 4) is 11.3 Å². The average Bonchev–Trinajstić information content (AvgIpc) is 3.23. The van der Waals surface area contributed by atoms with Gasteiger partial charge in [0.05, 0.1) is 16.0 Å². The third-order valence-electron chi connectivity index (χ3n) is 5.21. The minimum absolute atomic E-state index is 0.182. The van der Waals surface area contributed by atoms with Crippen molar-refractivity contribution in [3.05, 3.63) is 76.7 Å². The third kappa shape index (κ3) is 4.94. The summed E-state index contributed by atoms with van der Waals surface area (Å²) in [4.78, 5) is 20.2. The third-order valence-corrected chi connectivity index (χ3v) is 6.15. The maximum Gasteiger partial charge on any atom is 0.335 e. The summed E-state index contributed by atoms with van der Waals surface area (Å²) in [5.74, 6) is -0.0999. The van der Waals surface area contributed by atoms with E-state index in [2.05, 4.69) is 29.1 Å². The Morgan fingerprint density at radius 1 is 1.16 bits per heavy atom. The number of anilines is 1. The SMILES string of the molecule is CC(C)Cc1cc(-c2cc(NCCc3cc(F)c4sccc4c3)ncn2)ccc1C(=O)O. The fraction of sp³-hybridized carbons (Fsp3) is 0.240. The van der Waals surface area contributed by atoms with E-state index in [0.29, 0.717) is 41.4 Å². The molecule has 164 valence electrons. The number of halogens is 1. The number of carbonyl (C=O) groups is 1. The summed E-state index contributed by atoms with van der Waals surface area (Å²) in [6.45, 7) is 4.72. The fourth-order valence-electron chi connectivity index (χ4n) is 3.76. The molecule has 5 nitrogen and oxygen atoms in total. The van der Waals surface area contributed by atoms with Crippen LogP contribution in [0.25, 0.3) is 21.3 Å². The minimum atomic E-state index is -0.922. The zero-order valence-electron chi connectivity index (χ0n) is 17.9. The molecule has 2 N–H and O–H groups in total. The predicted molar refractivity (Wildman–Crippen MR) is 127 cm³/mol. The summed E-state index contributed by atoms with van der Waals surface area (Å²) in [6, 6.07) is 12.7. The fourth-order valence-corrected chi connectivity index (χ4v) is 4.54. The Hall–Kier alpha value is -3.32. The van der Waals surface area contributed by atoms with Crippen molar-refractivity contribution in [1.29, 1.82) is 0 Å². The summed E-state index contributed by atoms with van der Waals surface area (Å²) in [7, 11) is 0. The highest BCUT2D eigenvalue weighted by molar-refractivity contribution is 7.17. The van der Waals surface area contributed by atoms with E-state index < -0.39 is 5.97 Å². The first-order valence-electron chi connectivity index (χ1n) is 10.5. The van der Waals surface area contributed by atoms with E-state index in [-0.39, 0.29) is 5.82 Å². The molecule has 0 unspecified atom stereocenters. The normalized spacial score (nSPS) is 11.2. The quantitative estimate of drug-likeness (QED) is 0.343. The van der Waals surface area contributed by atoms with Gasteiger partial charge in [-0.2, -0.15) is 0 Å². The van der Waals surface area contributed by atoms with Crippen molar-refractivity contribution in [2.24, 2.45) is 5.92 Å². The van der Waals surface area contributed by atoms with E-state index in [1.807, 2.05) is 29.6 Å². The highest BCUT2D eigenvalue weighted by atomic mass is 32.1. The van der Waals surface area contributed by atoms with Crippen molar-refractivity contribution in [2.45, 2.75) is 26.7 Å². The Labute approximate surface area is 190 Å². The van der Waals surface area contributed by atoms with Gasteiger partial charge in [-0.15, -0.1) is 11.3 Å². The second kappa shape index (κ2) is 9.44. The molecule has 7 heteroatoms. The summed E-state index contributed by atoms with van der Waals surface area (Å²) in [5.41, 5.74) is 3.61. The number of carboxylic acids is 1. The number of hydrogen-bond donors (Lipinski definition) is 2. The second-order valence-corrected chi connectivity index (χ2v) is 9.07. The van der Waals surface area contributed by atoms with Crippen LogP contribution in [0.4, 0.5) is 10.2 Å². The first kappa shape index (κ1) is 21.9. The minimum Gasteiger partial charge on any atom is -0.478 e. The molecule has 4 aromatic rings. The van der Waals surface area contributed by atoms with Crippen molar-refractivity contribution < 1.29 is 14.3 Å². The van der Waals surface area contributed by atoms with E-state index in [9.17, 15) is 14.3 Å². The summed E-state index contributed by atoms with van der Waals surface area (Å²) >= 11 is 1.41. The van der Waals surface area contributed by atoms with Crippen LogP contribution in [-0.2, 0) is 12.8 Å². The molecule has 0 aliphatic rings. The van der Waals surface area contributed by atoms with Crippen molar-refractivity contribution in [2.75, 3.05) is 11.9 Å². The molecular formula is C25H24FN3O2S. The maximum atomic E-state index is 14.2. The standard InChI is InChI=1S/C25H24FN3O2S/c1-15(2)9-19-12-17(3-4-20(19)25(30)31)22-13-23(29-14-28-22)27-7-5-16-10-18-6-8-32-24(18)21(26)11-16/h3-4,6,8,10-15H,5,7,9H2,1-2H3,(H,30,31)(H,27,28,29). The lowest BCUT2D eigenvalue weighted by Gasteiger charge is -2.12. The Kier molecular flexibility index (Phi) is 6.46. The molecule has 2 heterocycles. The number of nitrogens with zero attached hydrogens (tertiary/aromatic N) is 2. The van der Waals surface area contributed by atoms with Crippen LogP contribution in [0.2, 0.25) is 0 Å². The number of hydrogen-bond acceptors (Lipinski definition) is 5. The molecule has 0 fully saturated rings. The van der Waals surface area contributed by atoms with Gasteiger partial charge in [0.2, 0.25) is 0 Å². The molecule has 0 radical (unpaired) electrons. The van der Waals surface area contributed by atoms with Crippen LogP contribution in [0.15, 0.2) is 54.2 Å². The first-order valence-corrected chi connectivity index (χ1v) is 11.4. The number of nitrogens with one attached hydrogen (secondary N) is 1. The number of carboxylic acid groups (broad SMARTS) is 1. The zero-order valence-corrected chi connectivity index (χ0v) is 18.7. The highest BCUT2D eigenvalue weighted by Crippen LogP contribution is 2.26. The van der Waals surface area contributed by atoms with Crippen molar-refractivity contribution in [1.82, 2.24) is 9.97 Å². The molecule has 0 saturated carbocycles. The van der Waals surface area contributed by atoms with E-state index in [1.54, 1.807) is 18.2 Å². The summed E-state index contributed by atoms with van der Waals surface area (Å²) < 4.78 is 14.9. The number of benzene rings is 2. The molecule has 32 heavy (non-hydrogen) atoms. The second-order valence-electron chi connectivity index (χ2n) is 8.16. The number of fused-ring (bicyclic) bond motifs is 1. The maximum absolute atomic E-state index is 14.2. The van der Waals surface area contributed by atoms with Gasteiger partial charge in [0.1, 0.15) is 18.0 Å². The molecule has 0 bridgehead atoms. The highest BCUT2D eigenvalue weighted by Gasteiger charge is 2.13. The van der Waals surface area contributed by atoms with Crippen LogP contribution in [-0.4, -0.2) is 27.6 Å². The van der Waals surface area contributed by atoms with Crippen LogP contribution in [0.5, 0.6) is 0 Å². The van der Waals surface area contributed by atoms with Gasteiger partial charge < -0.3 is 10.4 Å². The van der Waals surface area contributed by atoms with Crippen LogP contribution in [0.1, 0.15) is 35.3 Å². The van der Waals surface area contributed by atoms with E-state index in [0.717, 1.165) is 27.8 Å². The summed E-state index contributed by atoms with van der Waals surface area (Å²) in [5, 5.41) is 15.6. The molecule has 0 amide bonds. The number of thiophene rings is 1. The molecule has 4 rings (SSSR count). The van der Waals surface area contributed by atoms with Crippen LogP contribution >= 0.6 is 11.3 Å². The summed E-state index contributed by atoms with van der Waals surface area (Å²) in [6.07, 6.45) is 2.83. The van der Waals surface area contributed by atoms with Crippen molar-refractivity contribution in [3.63, 3.8) is 0 Å². The molecule has 0 aliphatic carbocycles. The lowest BCUT2D eigenvalue weighted by Crippen LogP contribution is -2.07. The van der Waals surface area contributed by atoms with Crippen LogP contribution in [0, 0.1) is 11.7 Å². The largest absolute Gasteiger partial charge is 0.478 e. The van der Waals surface area contributed by atoms with Crippen LogP contribution in [0.3, 0.4) is 0 Å². The monoisotopic (exact) mass is 449 g/mol. The van der Waals surface area contributed by atoms with Gasteiger partial charge in [0, 0.05) is 18.2 Å². The predicted octanol–water partition coefficient (Wildman–Crippen LogP) is 6.05. The van der Waals surface area contributed by atoms with Crippen molar-refractivity contribution >= 4 is 33.2 Å². The number of rotatable bonds is 8. The lowest BCUT2D eigenvalue weighted by atomic mass is 9.95. The van der Waals surface area contributed by atoms with E-state index in [4.69, 9.17) is 0 Å².